The zero-order valence-corrected chi connectivity index (χ0v) is 12.0. The minimum absolute atomic E-state index is 0.0513. The Bertz CT molecular complexity index is 542. The van der Waals surface area contributed by atoms with Crippen LogP contribution in [0.4, 0.5) is 0 Å². The van der Waals surface area contributed by atoms with Crippen LogP contribution in [-0.2, 0) is 11.2 Å². The van der Waals surface area contributed by atoms with Crippen molar-refractivity contribution in [2.45, 2.75) is 25.3 Å². The molecule has 1 atom stereocenters. The van der Waals surface area contributed by atoms with Crippen LogP contribution in [0.2, 0.25) is 0 Å². The zero-order chi connectivity index (χ0) is 14.9. The maximum absolute atomic E-state index is 11.8. The Morgan fingerprint density at radius 2 is 1.86 bits per heavy atom. The van der Waals surface area contributed by atoms with Gasteiger partial charge < -0.3 is 11.1 Å². The SMILES string of the molecule is NC(CCC(=O)NCCc1ccncc1)c1ccccc1. The van der Waals surface area contributed by atoms with E-state index in [0.717, 1.165) is 12.0 Å². The summed E-state index contributed by atoms with van der Waals surface area (Å²) in [6.45, 7) is 0.642. The molecule has 4 nitrogen and oxygen atoms in total. The van der Waals surface area contributed by atoms with Crippen molar-refractivity contribution in [3.05, 3.63) is 66.0 Å². The van der Waals surface area contributed by atoms with Gasteiger partial charge in [-0.1, -0.05) is 30.3 Å². The van der Waals surface area contributed by atoms with Crippen LogP contribution >= 0.6 is 0 Å². The van der Waals surface area contributed by atoms with Gasteiger partial charge in [-0.05, 0) is 36.1 Å². The molecule has 0 radical (unpaired) electrons. The van der Waals surface area contributed by atoms with E-state index in [4.69, 9.17) is 5.73 Å². The lowest BCUT2D eigenvalue weighted by Gasteiger charge is -2.11. The van der Waals surface area contributed by atoms with Crippen molar-refractivity contribution in [3.8, 4) is 0 Å². The number of aromatic nitrogens is 1. The third-order valence-corrected chi connectivity index (χ3v) is 3.40. The second-order valence-corrected chi connectivity index (χ2v) is 5.01. The largest absolute Gasteiger partial charge is 0.356 e. The van der Waals surface area contributed by atoms with E-state index in [-0.39, 0.29) is 11.9 Å². The molecule has 0 aliphatic carbocycles. The summed E-state index contributed by atoms with van der Waals surface area (Å²) in [6.07, 6.45) is 5.45. The summed E-state index contributed by atoms with van der Waals surface area (Å²) in [6, 6.07) is 13.7. The maximum Gasteiger partial charge on any atom is 0.220 e. The number of hydrogen-bond donors (Lipinski definition) is 2. The highest BCUT2D eigenvalue weighted by atomic mass is 16.1. The standard InChI is InChI=1S/C17H21N3O/c18-16(15-4-2-1-3-5-15)6-7-17(21)20-13-10-14-8-11-19-12-9-14/h1-5,8-9,11-12,16H,6-7,10,13,18H2,(H,20,21). The average Bonchev–Trinajstić information content (AvgIpc) is 2.54. The summed E-state index contributed by atoms with van der Waals surface area (Å²) in [5, 5.41) is 2.92. The molecule has 110 valence electrons. The number of carbonyl (C=O) groups excluding carboxylic acids is 1. The Morgan fingerprint density at radius 1 is 1.14 bits per heavy atom. The summed E-state index contributed by atoms with van der Waals surface area (Å²) in [7, 11) is 0. The Morgan fingerprint density at radius 3 is 2.57 bits per heavy atom. The number of nitrogens with one attached hydrogen (secondary N) is 1. The first-order valence-electron chi connectivity index (χ1n) is 7.22. The minimum Gasteiger partial charge on any atom is -0.356 e. The van der Waals surface area contributed by atoms with Crippen molar-refractivity contribution >= 4 is 5.91 Å². The Hall–Kier alpha value is -2.20. The molecule has 0 fully saturated rings. The summed E-state index contributed by atoms with van der Waals surface area (Å²) >= 11 is 0. The first-order chi connectivity index (χ1) is 10.3. The van der Waals surface area contributed by atoms with Crippen LogP contribution in [0, 0.1) is 0 Å². The van der Waals surface area contributed by atoms with Crippen molar-refractivity contribution in [3.63, 3.8) is 0 Å². The first-order valence-corrected chi connectivity index (χ1v) is 7.22. The Balaban J connectivity index is 1.66. The molecule has 1 aromatic carbocycles. The van der Waals surface area contributed by atoms with Gasteiger partial charge in [0.2, 0.25) is 5.91 Å². The molecule has 1 heterocycles. The molecular formula is C17H21N3O. The van der Waals surface area contributed by atoms with Crippen molar-refractivity contribution in [1.82, 2.24) is 10.3 Å². The monoisotopic (exact) mass is 283 g/mol. The lowest BCUT2D eigenvalue weighted by atomic mass is 10.0. The van der Waals surface area contributed by atoms with Gasteiger partial charge in [-0.15, -0.1) is 0 Å². The smallest absolute Gasteiger partial charge is 0.220 e. The number of rotatable bonds is 7. The normalized spacial score (nSPS) is 11.9. The van der Waals surface area contributed by atoms with Gasteiger partial charge in [0, 0.05) is 31.4 Å². The number of nitrogens with zero attached hydrogens (tertiary/aromatic N) is 1. The summed E-state index contributed by atoms with van der Waals surface area (Å²) in [5.41, 5.74) is 8.32. The molecule has 21 heavy (non-hydrogen) atoms. The highest BCUT2D eigenvalue weighted by molar-refractivity contribution is 5.75. The summed E-state index contributed by atoms with van der Waals surface area (Å²) < 4.78 is 0. The lowest BCUT2D eigenvalue weighted by molar-refractivity contribution is -0.121. The van der Waals surface area contributed by atoms with Crippen LogP contribution in [0.1, 0.15) is 30.0 Å². The second-order valence-electron chi connectivity index (χ2n) is 5.01. The fourth-order valence-electron chi connectivity index (χ4n) is 2.14. The number of carbonyl (C=O) groups is 1. The molecule has 0 aliphatic heterocycles. The van der Waals surface area contributed by atoms with Crippen LogP contribution in [0.5, 0.6) is 0 Å². The summed E-state index contributed by atoms with van der Waals surface area (Å²) in [4.78, 5) is 15.8. The van der Waals surface area contributed by atoms with Crippen LogP contribution < -0.4 is 11.1 Å². The van der Waals surface area contributed by atoms with Gasteiger partial charge in [0.05, 0.1) is 0 Å². The Kier molecular flexibility index (Phi) is 5.91. The van der Waals surface area contributed by atoms with E-state index in [1.54, 1.807) is 12.4 Å². The molecule has 1 aromatic heterocycles. The van der Waals surface area contributed by atoms with E-state index in [1.807, 2.05) is 42.5 Å². The highest BCUT2D eigenvalue weighted by Crippen LogP contribution is 2.14. The first kappa shape index (κ1) is 15.2. The van der Waals surface area contributed by atoms with E-state index in [0.29, 0.717) is 19.4 Å². The third-order valence-electron chi connectivity index (χ3n) is 3.40. The van der Waals surface area contributed by atoms with E-state index in [1.165, 1.54) is 5.56 Å². The molecular weight excluding hydrogens is 262 g/mol. The highest BCUT2D eigenvalue weighted by Gasteiger charge is 2.08. The summed E-state index contributed by atoms with van der Waals surface area (Å²) in [5.74, 6) is 0.0513. The second kappa shape index (κ2) is 8.17. The lowest BCUT2D eigenvalue weighted by Crippen LogP contribution is -2.26. The predicted octanol–water partition coefficient (Wildman–Crippen LogP) is 2.22. The fourth-order valence-corrected chi connectivity index (χ4v) is 2.14. The topological polar surface area (TPSA) is 68.0 Å². The molecule has 2 rings (SSSR count). The van der Waals surface area contributed by atoms with Gasteiger partial charge in [0.25, 0.3) is 0 Å². The predicted molar refractivity (Wildman–Crippen MR) is 83.6 cm³/mol. The molecule has 0 saturated heterocycles. The van der Waals surface area contributed by atoms with Gasteiger partial charge in [-0.2, -0.15) is 0 Å². The molecule has 4 heteroatoms. The Labute approximate surface area is 125 Å². The molecule has 0 bridgehead atoms. The van der Waals surface area contributed by atoms with Gasteiger partial charge >= 0.3 is 0 Å². The molecule has 1 unspecified atom stereocenters. The van der Waals surface area contributed by atoms with Crippen molar-refractivity contribution in [1.29, 1.82) is 0 Å². The minimum atomic E-state index is -0.0860. The molecule has 1 amide bonds. The quantitative estimate of drug-likeness (QED) is 0.818. The maximum atomic E-state index is 11.8. The number of pyridine rings is 1. The van der Waals surface area contributed by atoms with E-state index in [2.05, 4.69) is 10.3 Å². The number of benzene rings is 1. The molecule has 0 spiro atoms. The number of amides is 1. The van der Waals surface area contributed by atoms with Crippen molar-refractivity contribution in [2.24, 2.45) is 5.73 Å². The van der Waals surface area contributed by atoms with E-state index in [9.17, 15) is 4.79 Å². The van der Waals surface area contributed by atoms with Crippen LogP contribution in [0.15, 0.2) is 54.9 Å². The molecule has 0 aliphatic rings. The van der Waals surface area contributed by atoms with Crippen molar-refractivity contribution < 1.29 is 4.79 Å². The van der Waals surface area contributed by atoms with Gasteiger partial charge in [0.15, 0.2) is 0 Å². The van der Waals surface area contributed by atoms with Crippen LogP contribution in [-0.4, -0.2) is 17.4 Å². The molecule has 2 aromatic rings. The average molecular weight is 283 g/mol. The van der Waals surface area contributed by atoms with Crippen LogP contribution in [0.25, 0.3) is 0 Å². The van der Waals surface area contributed by atoms with Gasteiger partial charge in [-0.25, -0.2) is 0 Å². The van der Waals surface area contributed by atoms with Crippen LogP contribution in [0.3, 0.4) is 0 Å². The fraction of sp³-hybridized carbons (Fsp3) is 0.294. The van der Waals surface area contributed by atoms with Crippen molar-refractivity contribution in [2.75, 3.05) is 6.54 Å². The van der Waals surface area contributed by atoms with E-state index >= 15 is 0 Å². The van der Waals surface area contributed by atoms with Gasteiger partial charge in [-0.3, -0.25) is 9.78 Å². The number of hydrogen-bond acceptors (Lipinski definition) is 3. The van der Waals surface area contributed by atoms with Gasteiger partial charge in [0.1, 0.15) is 0 Å². The third kappa shape index (κ3) is 5.36. The molecule has 3 N–H and O–H groups in total. The van der Waals surface area contributed by atoms with E-state index < -0.39 is 0 Å². The zero-order valence-electron chi connectivity index (χ0n) is 12.0. The number of nitrogens with two attached hydrogens (primary N) is 1. The molecule has 0 saturated carbocycles.